The number of benzene rings is 2. The fourth-order valence-corrected chi connectivity index (χ4v) is 1.99. The van der Waals surface area contributed by atoms with Gasteiger partial charge in [0.05, 0.1) is 16.9 Å². The van der Waals surface area contributed by atoms with Gasteiger partial charge in [-0.15, -0.1) is 0 Å². The maximum Gasteiger partial charge on any atom is 0.167 e. The zero-order chi connectivity index (χ0) is 14.8. The van der Waals surface area contributed by atoms with Gasteiger partial charge >= 0.3 is 0 Å². The maximum atomic E-state index is 13.6. The summed E-state index contributed by atoms with van der Waals surface area (Å²) in [6.45, 7) is 0.0467. The minimum atomic E-state index is -0.710. The van der Waals surface area contributed by atoms with Crippen LogP contribution in [0.1, 0.15) is 5.69 Å². The average molecular weight is 286 g/mol. The van der Waals surface area contributed by atoms with E-state index >= 15 is 0 Å². The lowest BCUT2D eigenvalue weighted by atomic mass is 10.2. The minimum Gasteiger partial charge on any atom is -0.484 e. The van der Waals surface area contributed by atoms with Crippen molar-refractivity contribution in [1.29, 1.82) is 0 Å². The Kier molecular flexibility index (Phi) is 3.39. The summed E-state index contributed by atoms with van der Waals surface area (Å²) in [5.74, 6) is -1.59. The van der Waals surface area contributed by atoms with Crippen LogP contribution in [0.2, 0.25) is 0 Å². The zero-order valence-electron chi connectivity index (χ0n) is 11.0. The van der Waals surface area contributed by atoms with Crippen molar-refractivity contribution in [3.05, 3.63) is 65.9 Å². The van der Waals surface area contributed by atoms with Crippen molar-refractivity contribution in [2.24, 2.45) is 0 Å². The minimum absolute atomic E-state index is 0.0467. The predicted molar refractivity (Wildman–Crippen MR) is 76.8 cm³/mol. The van der Waals surface area contributed by atoms with Crippen molar-refractivity contribution >= 4 is 16.6 Å². The van der Waals surface area contributed by atoms with Crippen LogP contribution in [0.25, 0.3) is 10.9 Å². The smallest absolute Gasteiger partial charge is 0.167 e. The van der Waals surface area contributed by atoms with Crippen molar-refractivity contribution in [3.8, 4) is 5.75 Å². The normalized spacial score (nSPS) is 10.8. The molecule has 0 saturated carbocycles. The average Bonchev–Trinajstić information content (AvgIpc) is 2.49. The highest BCUT2D eigenvalue weighted by Gasteiger charge is 2.09. The summed E-state index contributed by atoms with van der Waals surface area (Å²) in [7, 11) is 0. The van der Waals surface area contributed by atoms with Crippen LogP contribution < -0.4 is 10.5 Å². The highest BCUT2D eigenvalue weighted by Crippen LogP contribution is 2.24. The molecular formula is C16H12F2N2O. The molecule has 3 rings (SSSR count). The molecule has 0 spiro atoms. The fourth-order valence-electron chi connectivity index (χ4n) is 1.99. The second kappa shape index (κ2) is 5.36. The summed E-state index contributed by atoms with van der Waals surface area (Å²) in [6.07, 6.45) is 0. The van der Waals surface area contributed by atoms with E-state index in [-0.39, 0.29) is 18.0 Å². The molecule has 1 aromatic heterocycles. The largest absolute Gasteiger partial charge is 0.484 e. The molecule has 0 aliphatic carbocycles. The van der Waals surface area contributed by atoms with Crippen molar-refractivity contribution in [3.63, 3.8) is 0 Å². The first-order valence-corrected chi connectivity index (χ1v) is 6.35. The molecule has 0 bridgehead atoms. The van der Waals surface area contributed by atoms with Crippen LogP contribution in [0.15, 0.2) is 48.5 Å². The maximum absolute atomic E-state index is 13.6. The molecule has 3 aromatic rings. The second-order valence-corrected chi connectivity index (χ2v) is 4.59. The molecule has 1 heterocycles. The van der Waals surface area contributed by atoms with E-state index in [1.807, 2.05) is 30.3 Å². The molecule has 21 heavy (non-hydrogen) atoms. The third-order valence-electron chi connectivity index (χ3n) is 3.08. The van der Waals surface area contributed by atoms with Crippen molar-refractivity contribution in [2.45, 2.75) is 6.61 Å². The first-order chi connectivity index (χ1) is 10.1. The van der Waals surface area contributed by atoms with Crippen LogP contribution in [0.3, 0.4) is 0 Å². The van der Waals surface area contributed by atoms with Crippen LogP contribution in [0, 0.1) is 11.6 Å². The molecule has 0 aliphatic heterocycles. The van der Waals surface area contributed by atoms with E-state index in [0.29, 0.717) is 5.69 Å². The second-order valence-electron chi connectivity index (χ2n) is 4.59. The molecule has 0 atom stereocenters. The number of pyridine rings is 1. The first kappa shape index (κ1) is 13.3. The number of aromatic nitrogens is 1. The number of nitrogens with two attached hydrogens (primary N) is 1. The van der Waals surface area contributed by atoms with Gasteiger partial charge in [0.25, 0.3) is 0 Å². The molecule has 2 N–H and O–H groups in total. The predicted octanol–water partition coefficient (Wildman–Crippen LogP) is 3.67. The fraction of sp³-hybridized carbons (Fsp3) is 0.0625. The van der Waals surface area contributed by atoms with Gasteiger partial charge in [0, 0.05) is 17.5 Å². The summed E-state index contributed by atoms with van der Waals surface area (Å²) in [6, 6.07) is 13.2. The Hall–Kier alpha value is -2.69. The summed E-state index contributed by atoms with van der Waals surface area (Å²) >= 11 is 0. The number of ether oxygens (including phenoxy) is 1. The number of nitrogen functional groups attached to an aromatic ring is 1. The van der Waals surface area contributed by atoms with Gasteiger partial charge in [0.2, 0.25) is 0 Å². The van der Waals surface area contributed by atoms with Crippen LogP contribution in [-0.4, -0.2) is 4.98 Å². The topological polar surface area (TPSA) is 48.1 Å². The van der Waals surface area contributed by atoms with Crippen LogP contribution in [-0.2, 0) is 6.61 Å². The van der Waals surface area contributed by atoms with Crippen LogP contribution in [0.5, 0.6) is 5.75 Å². The van der Waals surface area contributed by atoms with Crippen molar-refractivity contribution < 1.29 is 13.5 Å². The molecular weight excluding hydrogens is 274 g/mol. The van der Waals surface area contributed by atoms with Gasteiger partial charge in [0.15, 0.2) is 11.6 Å². The van der Waals surface area contributed by atoms with Crippen molar-refractivity contribution in [2.75, 3.05) is 5.73 Å². The summed E-state index contributed by atoms with van der Waals surface area (Å²) in [5, 5.41) is 1.01. The number of rotatable bonds is 3. The van der Waals surface area contributed by atoms with E-state index in [9.17, 15) is 8.78 Å². The van der Waals surface area contributed by atoms with Crippen molar-refractivity contribution in [1.82, 2.24) is 4.98 Å². The number of halogens is 2. The molecule has 106 valence electrons. The highest BCUT2D eigenvalue weighted by molar-refractivity contribution is 5.78. The van der Waals surface area contributed by atoms with Crippen LogP contribution in [0.4, 0.5) is 14.5 Å². The number of fused-ring (bicyclic) bond motifs is 1. The molecule has 0 unspecified atom stereocenters. The first-order valence-electron chi connectivity index (χ1n) is 6.35. The standard InChI is InChI=1S/C16H12F2N2O/c17-12-8-16(13(18)7-14(12)19)21-9-11-6-5-10-3-1-2-4-15(10)20-11/h1-8H,9,19H2. The Morgan fingerprint density at radius 2 is 1.81 bits per heavy atom. The van der Waals surface area contributed by atoms with Gasteiger partial charge in [-0.05, 0) is 12.1 Å². The molecule has 0 radical (unpaired) electrons. The Bertz CT molecular complexity index is 805. The van der Waals surface area contributed by atoms with Gasteiger partial charge in [-0.1, -0.05) is 24.3 Å². The summed E-state index contributed by atoms with van der Waals surface area (Å²) in [5.41, 5.74) is 6.48. The van der Waals surface area contributed by atoms with Gasteiger partial charge < -0.3 is 10.5 Å². The lowest BCUT2D eigenvalue weighted by Crippen LogP contribution is -2.02. The quantitative estimate of drug-likeness (QED) is 0.747. The van der Waals surface area contributed by atoms with E-state index in [4.69, 9.17) is 10.5 Å². The Morgan fingerprint density at radius 1 is 1.00 bits per heavy atom. The molecule has 0 aliphatic rings. The van der Waals surface area contributed by atoms with Crippen LogP contribution >= 0.6 is 0 Å². The molecule has 5 heteroatoms. The Balaban J connectivity index is 1.81. The van der Waals surface area contributed by atoms with E-state index in [2.05, 4.69) is 4.98 Å². The number of para-hydroxylation sites is 1. The van der Waals surface area contributed by atoms with E-state index in [1.165, 1.54) is 0 Å². The Labute approximate surface area is 120 Å². The molecule has 0 fully saturated rings. The third-order valence-corrected chi connectivity index (χ3v) is 3.08. The highest BCUT2D eigenvalue weighted by atomic mass is 19.1. The van der Waals surface area contributed by atoms with Gasteiger partial charge in [0.1, 0.15) is 12.4 Å². The SMILES string of the molecule is Nc1cc(F)c(OCc2ccc3ccccc3n2)cc1F. The zero-order valence-corrected chi connectivity index (χ0v) is 11.0. The van der Waals surface area contributed by atoms with Gasteiger partial charge in [-0.2, -0.15) is 0 Å². The monoisotopic (exact) mass is 286 g/mol. The van der Waals surface area contributed by atoms with Gasteiger partial charge in [-0.3, -0.25) is 0 Å². The number of nitrogens with zero attached hydrogens (tertiary/aromatic N) is 1. The lowest BCUT2D eigenvalue weighted by molar-refractivity contribution is 0.285. The third kappa shape index (κ3) is 2.76. The molecule has 0 saturated heterocycles. The van der Waals surface area contributed by atoms with E-state index in [1.54, 1.807) is 6.07 Å². The molecule has 0 amide bonds. The summed E-state index contributed by atoms with van der Waals surface area (Å²) < 4.78 is 32.2. The summed E-state index contributed by atoms with van der Waals surface area (Å²) in [4.78, 5) is 4.39. The Morgan fingerprint density at radius 3 is 2.67 bits per heavy atom. The van der Waals surface area contributed by atoms with E-state index < -0.39 is 11.6 Å². The molecule has 2 aromatic carbocycles. The lowest BCUT2D eigenvalue weighted by Gasteiger charge is -2.08. The molecule has 3 nitrogen and oxygen atoms in total. The van der Waals surface area contributed by atoms with E-state index in [0.717, 1.165) is 23.0 Å². The number of hydrogen-bond donors (Lipinski definition) is 1. The number of hydrogen-bond acceptors (Lipinski definition) is 3. The number of anilines is 1. The van der Waals surface area contributed by atoms with Gasteiger partial charge in [-0.25, -0.2) is 13.8 Å².